The average Bonchev–Trinajstić information content (AvgIpc) is 2.89. The van der Waals surface area contributed by atoms with Gasteiger partial charge in [-0.15, -0.1) is 0 Å². The molecular formula is C20H31NO. The zero-order valence-electron chi connectivity index (χ0n) is 14.5. The first-order chi connectivity index (χ1) is 10.6. The predicted octanol–water partition coefficient (Wildman–Crippen LogP) is 5.20. The highest BCUT2D eigenvalue weighted by molar-refractivity contribution is 5.85. The summed E-state index contributed by atoms with van der Waals surface area (Å²) in [5.41, 5.74) is 2.38. The van der Waals surface area contributed by atoms with Crippen LogP contribution in [0.4, 0.5) is 0 Å². The molecule has 4 aliphatic carbocycles. The first-order valence-electron chi connectivity index (χ1n) is 9.33. The number of oxime groups is 1. The van der Waals surface area contributed by atoms with Crippen LogP contribution in [0.15, 0.2) is 17.3 Å². The molecule has 2 nitrogen and oxygen atoms in total. The van der Waals surface area contributed by atoms with E-state index in [-0.39, 0.29) is 0 Å². The molecule has 4 aliphatic rings. The minimum absolute atomic E-state index is 0.516. The van der Waals surface area contributed by atoms with Crippen LogP contribution in [0.5, 0.6) is 0 Å². The molecule has 3 fully saturated rings. The van der Waals surface area contributed by atoms with Gasteiger partial charge in [0.1, 0.15) is 7.11 Å². The van der Waals surface area contributed by atoms with Crippen molar-refractivity contribution in [1.29, 1.82) is 0 Å². The van der Waals surface area contributed by atoms with Gasteiger partial charge in [-0.3, -0.25) is 0 Å². The second-order valence-electron chi connectivity index (χ2n) is 8.88. The maximum Gasteiger partial charge on any atom is 0.106 e. The molecule has 0 spiro atoms. The Balaban J connectivity index is 1.58. The average molecular weight is 301 g/mol. The van der Waals surface area contributed by atoms with Gasteiger partial charge in [0.2, 0.25) is 0 Å². The molecule has 0 N–H and O–H groups in total. The summed E-state index contributed by atoms with van der Waals surface area (Å²) in [7, 11) is 1.69. The van der Waals surface area contributed by atoms with Crippen LogP contribution in [0.25, 0.3) is 0 Å². The second-order valence-corrected chi connectivity index (χ2v) is 8.88. The van der Waals surface area contributed by atoms with E-state index in [2.05, 4.69) is 31.2 Å². The van der Waals surface area contributed by atoms with Gasteiger partial charge < -0.3 is 4.84 Å². The summed E-state index contributed by atoms with van der Waals surface area (Å²) in [6.45, 7) is 5.14. The Morgan fingerprint density at radius 2 is 2.00 bits per heavy atom. The minimum Gasteiger partial charge on any atom is -0.399 e. The van der Waals surface area contributed by atoms with E-state index >= 15 is 0 Å². The molecule has 2 heteroatoms. The van der Waals surface area contributed by atoms with Gasteiger partial charge in [-0.2, -0.15) is 0 Å². The summed E-state index contributed by atoms with van der Waals surface area (Å²) in [5, 5.41) is 4.28. The molecule has 3 saturated carbocycles. The first-order valence-corrected chi connectivity index (χ1v) is 9.33. The molecule has 122 valence electrons. The Bertz CT molecular complexity index is 510. The van der Waals surface area contributed by atoms with Crippen LogP contribution in [-0.2, 0) is 4.84 Å². The quantitative estimate of drug-likeness (QED) is 0.482. The van der Waals surface area contributed by atoms with Crippen molar-refractivity contribution in [2.24, 2.45) is 39.7 Å². The molecule has 6 atom stereocenters. The van der Waals surface area contributed by atoms with Gasteiger partial charge in [0.15, 0.2) is 0 Å². The Morgan fingerprint density at radius 3 is 2.82 bits per heavy atom. The topological polar surface area (TPSA) is 21.6 Å². The summed E-state index contributed by atoms with van der Waals surface area (Å²) in [6, 6.07) is 0. The van der Waals surface area contributed by atoms with Crippen LogP contribution in [0.2, 0.25) is 0 Å². The number of hydrogen-bond acceptors (Lipinski definition) is 2. The molecule has 0 aromatic heterocycles. The van der Waals surface area contributed by atoms with Gasteiger partial charge in [0.05, 0.1) is 5.71 Å². The first kappa shape index (κ1) is 14.8. The van der Waals surface area contributed by atoms with E-state index in [1.807, 2.05) is 0 Å². The largest absolute Gasteiger partial charge is 0.399 e. The minimum atomic E-state index is 0.516. The van der Waals surface area contributed by atoms with E-state index in [9.17, 15) is 0 Å². The van der Waals surface area contributed by atoms with Gasteiger partial charge in [-0.1, -0.05) is 31.2 Å². The Morgan fingerprint density at radius 1 is 1.14 bits per heavy atom. The molecule has 22 heavy (non-hydrogen) atoms. The highest BCUT2D eigenvalue weighted by Gasteiger charge is 2.56. The van der Waals surface area contributed by atoms with Crippen molar-refractivity contribution in [2.75, 3.05) is 7.11 Å². The van der Waals surface area contributed by atoms with Crippen molar-refractivity contribution in [3.63, 3.8) is 0 Å². The second kappa shape index (κ2) is 5.11. The smallest absolute Gasteiger partial charge is 0.106 e. The number of rotatable bonds is 1. The third-order valence-electron chi connectivity index (χ3n) is 8.05. The van der Waals surface area contributed by atoms with E-state index in [4.69, 9.17) is 4.84 Å². The molecule has 0 bridgehead atoms. The van der Waals surface area contributed by atoms with E-state index in [1.165, 1.54) is 50.7 Å². The number of fused-ring (bicyclic) bond motifs is 5. The number of allylic oxidation sites excluding steroid dienone is 2. The normalized spacial score (nSPS) is 52.0. The molecule has 0 aliphatic heterocycles. The zero-order chi connectivity index (χ0) is 15.4. The lowest BCUT2D eigenvalue weighted by atomic mass is 9.45. The van der Waals surface area contributed by atoms with Crippen molar-refractivity contribution < 1.29 is 4.84 Å². The zero-order valence-corrected chi connectivity index (χ0v) is 14.5. The Kier molecular flexibility index (Phi) is 3.43. The van der Waals surface area contributed by atoms with Crippen molar-refractivity contribution in [3.8, 4) is 0 Å². The summed E-state index contributed by atoms with van der Waals surface area (Å²) < 4.78 is 0. The van der Waals surface area contributed by atoms with Crippen LogP contribution in [0.3, 0.4) is 0 Å². The van der Waals surface area contributed by atoms with E-state index < -0.39 is 0 Å². The van der Waals surface area contributed by atoms with Gasteiger partial charge in [0.25, 0.3) is 0 Å². The Labute approximate surface area is 135 Å². The predicted molar refractivity (Wildman–Crippen MR) is 90.7 cm³/mol. The summed E-state index contributed by atoms with van der Waals surface area (Å²) >= 11 is 0. The summed E-state index contributed by atoms with van der Waals surface area (Å²) in [6.07, 6.45) is 15.8. The van der Waals surface area contributed by atoms with Gasteiger partial charge in [-0.05, 0) is 85.9 Å². The van der Waals surface area contributed by atoms with Crippen LogP contribution in [-0.4, -0.2) is 12.8 Å². The number of nitrogens with zero attached hydrogens (tertiary/aromatic N) is 1. The lowest BCUT2D eigenvalue weighted by Gasteiger charge is -2.59. The lowest BCUT2D eigenvalue weighted by molar-refractivity contribution is -0.0856. The van der Waals surface area contributed by atoms with Crippen LogP contribution in [0.1, 0.15) is 65.2 Å². The van der Waals surface area contributed by atoms with Crippen LogP contribution in [0, 0.1) is 34.5 Å². The molecule has 0 aromatic rings. The fourth-order valence-corrected chi connectivity index (χ4v) is 6.75. The third kappa shape index (κ3) is 2.02. The standard InChI is InChI=1S/C20H31NO/c1-19-10-4-5-17(19)16-7-6-14-13-15(21-22-3)8-12-20(14,2)18(16)9-11-19/h4,10,14,16-18H,5-9,11-13H2,1-3H3/b21-15+/t14?,16-,17-,18-,19-,20-/m0/s1. The molecule has 1 unspecified atom stereocenters. The highest BCUT2D eigenvalue weighted by Crippen LogP contribution is 2.64. The molecule has 4 rings (SSSR count). The van der Waals surface area contributed by atoms with Crippen molar-refractivity contribution >= 4 is 5.71 Å². The van der Waals surface area contributed by atoms with Crippen molar-refractivity contribution in [2.45, 2.75) is 65.2 Å². The van der Waals surface area contributed by atoms with Gasteiger partial charge in [0, 0.05) is 0 Å². The van der Waals surface area contributed by atoms with E-state index in [0.29, 0.717) is 10.8 Å². The number of hydrogen-bond donors (Lipinski definition) is 0. The SMILES string of the molecule is CO/N=C1\CC[C@@]2(C)C(CC[C@H]3[C@@H]4CC=C[C@@]4(C)CC[C@@H]32)C1. The maximum absolute atomic E-state index is 5.05. The Hall–Kier alpha value is -0.790. The lowest BCUT2D eigenvalue weighted by Crippen LogP contribution is -2.52. The third-order valence-corrected chi connectivity index (χ3v) is 8.05. The van der Waals surface area contributed by atoms with Crippen LogP contribution < -0.4 is 0 Å². The monoisotopic (exact) mass is 301 g/mol. The van der Waals surface area contributed by atoms with Gasteiger partial charge in [-0.25, -0.2) is 0 Å². The van der Waals surface area contributed by atoms with E-state index in [1.54, 1.807) is 7.11 Å². The summed E-state index contributed by atoms with van der Waals surface area (Å²) in [5.74, 6) is 3.69. The fraction of sp³-hybridized carbons (Fsp3) is 0.850. The highest BCUT2D eigenvalue weighted by atomic mass is 16.6. The van der Waals surface area contributed by atoms with Crippen LogP contribution >= 0.6 is 0 Å². The maximum atomic E-state index is 5.05. The fourth-order valence-electron chi connectivity index (χ4n) is 6.75. The molecule has 0 aromatic carbocycles. The van der Waals surface area contributed by atoms with Crippen molar-refractivity contribution in [1.82, 2.24) is 0 Å². The molecule has 0 heterocycles. The molecule has 0 radical (unpaired) electrons. The molecule has 0 saturated heterocycles. The summed E-state index contributed by atoms with van der Waals surface area (Å²) in [4.78, 5) is 5.05. The van der Waals surface area contributed by atoms with E-state index in [0.717, 1.165) is 30.1 Å². The molecule has 0 amide bonds. The molecular weight excluding hydrogens is 270 g/mol. The van der Waals surface area contributed by atoms with Crippen molar-refractivity contribution in [3.05, 3.63) is 12.2 Å². The van der Waals surface area contributed by atoms with Gasteiger partial charge >= 0.3 is 0 Å².